The van der Waals surface area contributed by atoms with Gasteiger partial charge in [-0.25, -0.2) is 4.98 Å². The molecule has 1 aromatic heterocycles. The lowest BCUT2D eigenvalue weighted by atomic mass is 10.1. The van der Waals surface area contributed by atoms with Crippen LogP contribution in [-0.4, -0.2) is 55.2 Å². The number of hydrogen-bond acceptors (Lipinski definition) is 7. The third kappa shape index (κ3) is 5.37. The summed E-state index contributed by atoms with van der Waals surface area (Å²) in [5.74, 6) is 1.82. The van der Waals surface area contributed by atoms with Crippen molar-refractivity contribution in [3.8, 4) is 11.8 Å². The van der Waals surface area contributed by atoms with Crippen molar-refractivity contribution >= 4 is 17.4 Å². The molecule has 1 aliphatic carbocycles. The van der Waals surface area contributed by atoms with Crippen molar-refractivity contribution < 1.29 is 14.3 Å². The van der Waals surface area contributed by atoms with Crippen LogP contribution < -0.4 is 15.4 Å². The van der Waals surface area contributed by atoms with Crippen LogP contribution in [0.15, 0.2) is 30.3 Å². The Kier molecular flexibility index (Phi) is 6.99. The molecule has 0 unspecified atom stereocenters. The number of hydrogen-bond donors (Lipinski definition) is 1. The number of carbonyl (C=O) groups excluding carboxylic acids is 1. The van der Waals surface area contributed by atoms with Crippen molar-refractivity contribution in [3.63, 3.8) is 0 Å². The van der Waals surface area contributed by atoms with E-state index in [0.717, 1.165) is 24.1 Å². The second kappa shape index (κ2) is 10.1. The number of aromatic nitrogens is 1. The fourth-order valence-corrected chi connectivity index (χ4v) is 4.28. The SMILES string of the molecule is COCCC(=O)N1CCN(c2nc(C3CC3)c(OCc3cccc(N)c3)cc2C#N)C[C@H]1C. The van der Waals surface area contributed by atoms with E-state index in [2.05, 4.69) is 11.0 Å². The molecule has 1 atom stereocenters. The molecule has 1 amide bonds. The van der Waals surface area contributed by atoms with Gasteiger partial charge in [0.2, 0.25) is 5.91 Å². The molecule has 1 saturated carbocycles. The molecule has 174 valence electrons. The first-order chi connectivity index (χ1) is 16.0. The first-order valence-corrected chi connectivity index (χ1v) is 11.5. The average Bonchev–Trinajstić information content (AvgIpc) is 3.66. The van der Waals surface area contributed by atoms with E-state index in [1.165, 1.54) is 0 Å². The summed E-state index contributed by atoms with van der Waals surface area (Å²) in [5.41, 5.74) is 8.96. The Morgan fingerprint density at radius 3 is 2.79 bits per heavy atom. The van der Waals surface area contributed by atoms with E-state index in [0.29, 0.717) is 68.0 Å². The first kappa shape index (κ1) is 22.9. The van der Waals surface area contributed by atoms with E-state index in [9.17, 15) is 10.1 Å². The van der Waals surface area contributed by atoms with Gasteiger partial charge in [-0.1, -0.05) is 12.1 Å². The number of nitrogens with two attached hydrogens (primary N) is 1. The van der Waals surface area contributed by atoms with E-state index in [-0.39, 0.29) is 11.9 Å². The Morgan fingerprint density at radius 2 is 2.12 bits per heavy atom. The van der Waals surface area contributed by atoms with Gasteiger partial charge in [-0.05, 0) is 37.5 Å². The highest BCUT2D eigenvalue weighted by Crippen LogP contribution is 2.45. The summed E-state index contributed by atoms with van der Waals surface area (Å²) in [5, 5.41) is 9.88. The van der Waals surface area contributed by atoms with Crippen LogP contribution in [0.4, 0.5) is 11.5 Å². The maximum atomic E-state index is 12.5. The molecule has 0 radical (unpaired) electrons. The summed E-state index contributed by atoms with van der Waals surface area (Å²) in [4.78, 5) is 21.4. The van der Waals surface area contributed by atoms with E-state index in [4.69, 9.17) is 20.2 Å². The van der Waals surface area contributed by atoms with Crippen LogP contribution in [0.25, 0.3) is 0 Å². The minimum atomic E-state index is 0.0280. The molecule has 4 rings (SSSR count). The molecular weight excluding hydrogens is 418 g/mol. The fourth-order valence-electron chi connectivity index (χ4n) is 4.28. The molecule has 1 aromatic carbocycles. The lowest BCUT2D eigenvalue weighted by Crippen LogP contribution is -2.54. The van der Waals surface area contributed by atoms with E-state index >= 15 is 0 Å². The number of ether oxygens (including phenoxy) is 2. The zero-order chi connectivity index (χ0) is 23.4. The van der Waals surface area contributed by atoms with Crippen molar-refractivity contribution in [1.82, 2.24) is 9.88 Å². The van der Waals surface area contributed by atoms with Crippen LogP contribution in [-0.2, 0) is 16.1 Å². The smallest absolute Gasteiger partial charge is 0.225 e. The summed E-state index contributed by atoms with van der Waals surface area (Å²) in [7, 11) is 1.60. The van der Waals surface area contributed by atoms with E-state index < -0.39 is 0 Å². The molecule has 1 aliphatic heterocycles. The number of nitriles is 1. The number of anilines is 2. The van der Waals surface area contributed by atoms with E-state index in [1.807, 2.05) is 42.2 Å². The van der Waals surface area contributed by atoms with Crippen LogP contribution >= 0.6 is 0 Å². The minimum Gasteiger partial charge on any atom is -0.487 e. The predicted molar refractivity (Wildman–Crippen MR) is 126 cm³/mol. The number of nitrogen functional groups attached to an aromatic ring is 1. The molecule has 2 aromatic rings. The maximum absolute atomic E-state index is 12.5. The number of rotatable bonds is 8. The molecular formula is C25H31N5O3. The lowest BCUT2D eigenvalue weighted by Gasteiger charge is -2.40. The number of piperazine rings is 1. The topological polar surface area (TPSA) is 105 Å². The lowest BCUT2D eigenvalue weighted by molar-refractivity contribution is -0.134. The molecule has 33 heavy (non-hydrogen) atoms. The quantitative estimate of drug-likeness (QED) is 0.618. The van der Waals surface area contributed by atoms with Crippen molar-refractivity contribution in [3.05, 3.63) is 47.2 Å². The Labute approximate surface area is 194 Å². The normalized spacial score (nSPS) is 18.2. The van der Waals surface area contributed by atoms with Gasteiger partial charge in [0.25, 0.3) is 0 Å². The largest absolute Gasteiger partial charge is 0.487 e. The molecule has 8 heteroatoms. The van der Waals surface area contributed by atoms with Crippen LogP contribution in [0.1, 0.15) is 48.9 Å². The zero-order valence-corrected chi connectivity index (χ0v) is 19.3. The summed E-state index contributed by atoms with van der Waals surface area (Å²) < 4.78 is 11.2. The number of benzene rings is 1. The number of methoxy groups -OCH3 is 1. The zero-order valence-electron chi connectivity index (χ0n) is 19.3. The highest BCUT2D eigenvalue weighted by Gasteiger charge is 2.33. The van der Waals surface area contributed by atoms with Gasteiger partial charge in [-0.3, -0.25) is 4.79 Å². The molecule has 8 nitrogen and oxygen atoms in total. The third-order valence-electron chi connectivity index (χ3n) is 6.19. The molecule has 0 spiro atoms. The summed E-state index contributed by atoms with van der Waals surface area (Å²) >= 11 is 0. The summed E-state index contributed by atoms with van der Waals surface area (Å²) in [6.45, 7) is 4.70. The van der Waals surface area contributed by atoms with Gasteiger partial charge in [0, 0.05) is 50.5 Å². The van der Waals surface area contributed by atoms with Crippen molar-refractivity contribution in [2.45, 2.75) is 44.8 Å². The first-order valence-electron chi connectivity index (χ1n) is 11.5. The van der Waals surface area contributed by atoms with Gasteiger partial charge >= 0.3 is 0 Å². The Balaban J connectivity index is 1.53. The average molecular weight is 450 g/mol. The van der Waals surface area contributed by atoms with Crippen molar-refractivity contribution in [2.24, 2.45) is 0 Å². The number of carbonyl (C=O) groups is 1. The van der Waals surface area contributed by atoms with Crippen molar-refractivity contribution in [1.29, 1.82) is 5.26 Å². The van der Waals surface area contributed by atoms with Crippen LogP contribution in [0.2, 0.25) is 0 Å². The van der Waals surface area contributed by atoms with Crippen LogP contribution in [0.5, 0.6) is 5.75 Å². The third-order valence-corrected chi connectivity index (χ3v) is 6.19. The second-order valence-electron chi connectivity index (χ2n) is 8.79. The fraction of sp³-hybridized carbons (Fsp3) is 0.480. The number of pyridine rings is 1. The minimum absolute atomic E-state index is 0.0280. The van der Waals surface area contributed by atoms with Crippen LogP contribution in [0, 0.1) is 11.3 Å². The van der Waals surface area contributed by atoms with Gasteiger partial charge in [-0.15, -0.1) is 0 Å². The molecule has 0 bridgehead atoms. The van der Waals surface area contributed by atoms with E-state index in [1.54, 1.807) is 7.11 Å². The molecule has 2 aliphatic rings. The maximum Gasteiger partial charge on any atom is 0.225 e. The summed E-state index contributed by atoms with van der Waals surface area (Å²) in [6, 6.07) is 11.8. The predicted octanol–water partition coefficient (Wildman–Crippen LogP) is 3.07. The number of nitrogens with zero attached hydrogens (tertiary/aromatic N) is 4. The Bertz CT molecular complexity index is 1050. The van der Waals surface area contributed by atoms with Gasteiger partial charge in [0.15, 0.2) is 0 Å². The monoisotopic (exact) mass is 449 g/mol. The molecule has 2 fully saturated rings. The van der Waals surface area contributed by atoms with Gasteiger partial charge in [-0.2, -0.15) is 5.26 Å². The number of amides is 1. The molecule has 2 N–H and O–H groups in total. The second-order valence-corrected chi connectivity index (χ2v) is 8.79. The Morgan fingerprint density at radius 1 is 1.30 bits per heavy atom. The van der Waals surface area contributed by atoms with Gasteiger partial charge < -0.3 is 25.0 Å². The molecule has 2 heterocycles. The van der Waals surface area contributed by atoms with Crippen molar-refractivity contribution in [2.75, 3.05) is 44.0 Å². The highest BCUT2D eigenvalue weighted by atomic mass is 16.5. The standard InChI is InChI=1S/C25H31N5O3/c1-17-15-29(9-10-30(17)23(31)8-11-32-2)25-20(14-26)13-22(24(28-25)19-6-7-19)33-16-18-4-3-5-21(27)12-18/h3-5,12-13,17,19H,6-11,15-16,27H2,1-2H3/t17-/m1/s1. The highest BCUT2D eigenvalue weighted by molar-refractivity contribution is 5.77. The molecule has 1 saturated heterocycles. The van der Waals surface area contributed by atoms with Crippen LogP contribution in [0.3, 0.4) is 0 Å². The Hall–Kier alpha value is -3.31. The van der Waals surface area contributed by atoms with Gasteiger partial charge in [0.1, 0.15) is 24.2 Å². The van der Waals surface area contributed by atoms with Gasteiger partial charge in [0.05, 0.1) is 24.3 Å². The summed E-state index contributed by atoms with van der Waals surface area (Å²) in [6.07, 6.45) is 2.53.